The Balaban J connectivity index is 0.00000242. The number of nitrogens with zero attached hydrogens (tertiary/aromatic N) is 1. The molecule has 2 rings (SSSR count). The zero-order valence-electron chi connectivity index (χ0n) is 13.2. The lowest BCUT2D eigenvalue weighted by Gasteiger charge is -2.28. The van der Waals surface area contributed by atoms with Crippen LogP contribution in [0.25, 0.3) is 0 Å². The van der Waals surface area contributed by atoms with E-state index in [4.69, 9.17) is 10.5 Å². The third-order valence-electron chi connectivity index (χ3n) is 3.53. The summed E-state index contributed by atoms with van der Waals surface area (Å²) in [6.07, 6.45) is 0. The van der Waals surface area contributed by atoms with Gasteiger partial charge in [0, 0.05) is 12.7 Å². The number of ether oxygens (including phenoxy) is 1. The molecule has 1 aromatic carbocycles. The summed E-state index contributed by atoms with van der Waals surface area (Å²) in [4.78, 5) is 25.3. The van der Waals surface area contributed by atoms with Crippen LogP contribution in [0.15, 0.2) is 18.2 Å². The average molecular weight is 328 g/mol. The molecule has 0 unspecified atom stereocenters. The highest BCUT2D eigenvalue weighted by Crippen LogP contribution is 2.33. The van der Waals surface area contributed by atoms with Crippen molar-refractivity contribution < 1.29 is 14.3 Å². The molecular formula is C15H22ClN3O3. The number of halogens is 1. The van der Waals surface area contributed by atoms with Crippen molar-refractivity contribution in [1.29, 1.82) is 0 Å². The minimum absolute atomic E-state index is 0. The first-order valence-electron chi connectivity index (χ1n) is 6.80. The van der Waals surface area contributed by atoms with E-state index in [9.17, 15) is 9.59 Å². The molecule has 1 aromatic rings. The maximum absolute atomic E-state index is 12.1. The van der Waals surface area contributed by atoms with Gasteiger partial charge in [-0.15, -0.1) is 12.4 Å². The Bertz CT molecular complexity index is 584. The normalized spacial score (nSPS) is 15.3. The summed E-state index contributed by atoms with van der Waals surface area (Å²) in [5.41, 5.74) is 6.82. The standard InChI is InChI=1S/C15H21N3O3.ClH/c1-15(2,3)13(16)14(20)17-9-5-6-11-10(7-9)18(4)12(19)8-21-11;/h5-7,13H,8,16H2,1-4H3,(H,17,20);1H/t13-;/m1./s1. The summed E-state index contributed by atoms with van der Waals surface area (Å²) < 4.78 is 5.34. The molecule has 1 atom stereocenters. The number of nitrogens with two attached hydrogens (primary N) is 1. The van der Waals surface area contributed by atoms with Gasteiger partial charge in [0.1, 0.15) is 5.75 Å². The van der Waals surface area contributed by atoms with Gasteiger partial charge in [0.05, 0.1) is 11.7 Å². The van der Waals surface area contributed by atoms with E-state index in [1.165, 1.54) is 4.90 Å². The summed E-state index contributed by atoms with van der Waals surface area (Å²) in [5.74, 6) is 0.237. The second-order valence-electron chi connectivity index (χ2n) is 6.26. The number of fused-ring (bicyclic) bond motifs is 1. The molecule has 0 radical (unpaired) electrons. The van der Waals surface area contributed by atoms with E-state index in [2.05, 4.69) is 5.32 Å². The Hall–Kier alpha value is -1.79. The van der Waals surface area contributed by atoms with Gasteiger partial charge in [-0.1, -0.05) is 20.8 Å². The number of hydrogen-bond donors (Lipinski definition) is 2. The summed E-state index contributed by atoms with van der Waals surface area (Å²) in [5, 5.41) is 2.78. The molecular weight excluding hydrogens is 306 g/mol. The van der Waals surface area contributed by atoms with Crippen LogP contribution >= 0.6 is 12.4 Å². The molecule has 0 fully saturated rings. The topological polar surface area (TPSA) is 84.7 Å². The van der Waals surface area contributed by atoms with E-state index in [1.807, 2.05) is 20.8 Å². The van der Waals surface area contributed by atoms with Gasteiger partial charge in [-0.2, -0.15) is 0 Å². The molecule has 0 saturated carbocycles. The summed E-state index contributed by atoms with van der Waals surface area (Å²) >= 11 is 0. The van der Waals surface area contributed by atoms with Crippen LogP contribution in [0, 0.1) is 5.41 Å². The molecule has 0 aromatic heterocycles. The summed E-state index contributed by atoms with van der Waals surface area (Å²) in [6, 6.07) is 4.55. The maximum Gasteiger partial charge on any atom is 0.264 e. The maximum atomic E-state index is 12.1. The van der Waals surface area contributed by atoms with Gasteiger partial charge in [-0.05, 0) is 23.6 Å². The van der Waals surface area contributed by atoms with E-state index in [1.54, 1.807) is 25.2 Å². The fraction of sp³-hybridized carbons (Fsp3) is 0.467. The zero-order chi connectivity index (χ0) is 15.8. The number of amides is 2. The predicted octanol–water partition coefficient (Wildman–Crippen LogP) is 1.78. The van der Waals surface area contributed by atoms with Crippen molar-refractivity contribution in [1.82, 2.24) is 0 Å². The SMILES string of the molecule is CN1C(=O)COc2ccc(NC(=O)[C@@H](N)C(C)(C)C)cc21.Cl. The van der Waals surface area contributed by atoms with Crippen LogP contribution in [0.1, 0.15) is 20.8 Å². The van der Waals surface area contributed by atoms with Gasteiger partial charge in [0.2, 0.25) is 5.91 Å². The fourth-order valence-electron chi connectivity index (χ4n) is 1.96. The van der Waals surface area contributed by atoms with E-state index in [0.717, 1.165) is 0 Å². The number of carbonyl (C=O) groups is 2. The summed E-state index contributed by atoms with van der Waals surface area (Å²) in [6.45, 7) is 5.75. The first-order valence-corrected chi connectivity index (χ1v) is 6.80. The van der Waals surface area contributed by atoms with Crippen molar-refractivity contribution in [2.75, 3.05) is 23.9 Å². The largest absolute Gasteiger partial charge is 0.482 e. The van der Waals surface area contributed by atoms with Crippen molar-refractivity contribution in [3.05, 3.63) is 18.2 Å². The Kier molecular flexibility index (Phi) is 5.43. The van der Waals surface area contributed by atoms with Crippen LogP contribution in [0.3, 0.4) is 0 Å². The van der Waals surface area contributed by atoms with Crippen molar-refractivity contribution in [3.8, 4) is 5.75 Å². The average Bonchev–Trinajstić information content (AvgIpc) is 2.41. The van der Waals surface area contributed by atoms with Crippen LogP contribution in [0.2, 0.25) is 0 Å². The quantitative estimate of drug-likeness (QED) is 0.867. The van der Waals surface area contributed by atoms with E-state index >= 15 is 0 Å². The van der Waals surface area contributed by atoms with Crippen LogP contribution in [-0.2, 0) is 9.59 Å². The molecule has 1 aliphatic heterocycles. The Morgan fingerprint density at radius 1 is 1.41 bits per heavy atom. The number of rotatable bonds is 2. The number of likely N-dealkylation sites (N-methyl/N-ethyl adjacent to an activating group) is 1. The first kappa shape index (κ1) is 18.3. The Labute approximate surface area is 136 Å². The van der Waals surface area contributed by atoms with Crippen molar-refractivity contribution in [3.63, 3.8) is 0 Å². The molecule has 0 saturated heterocycles. The Morgan fingerprint density at radius 3 is 2.64 bits per heavy atom. The lowest BCUT2D eigenvalue weighted by molar-refractivity contribution is -0.121. The van der Waals surface area contributed by atoms with Crippen LogP contribution in [0.4, 0.5) is 11.4 Å². The molecule has 6 nitrogen and oxygen atoms in total. The van der Waals surface area contributed by atoms with Gasteiger partial charge in [0.25, 0.3) is 5.91 Å². The molecule has 122 valence electrons. The van der Waals surface area contributed by atoms with Crippen molar-refractivity contribution in [2.24, 2.45) is 11.1 Å². The van der Waals surface area contributed by atoms with E-state index in [-0.39, 0.29) is 36.2 Å². The fourth-order valence-corrected chi connectivity index (χ4v) is 1.96. The highest BCUT2D eigenvalue weighted by molar-refractivity contribution is 6.00. The second kappa shape index (κ2) is 6.54. The van der Waals surface area contributed by atoms with Gasteiger partial charge in [-0.25, -0.2) is 0 Å². The smallest absolute Gasteiger partial charge is 0.264 e. The van der Waals surface area contributed by atoms with Gasteiger partial charge in [-0.3, -0.25) is 9.59 Å². The molecule has 0 bridgehead atoms. The molecule has 2 amide bonds. The minimum Gasteiger partial charge on any atom is -0.482 e. The molecule has 0 spiro atoms. The molecule has 1 aliphatic rings. The monoisotopic (exact) mass is 327 g/mol. The van der Waals surface area contributed by atoms with Gasteiger partial charge < -0.3 is 20.7 Å². The van der Waals surface area contributed by atoms with Gasteiger partial charge in [0.15, 0.2) is 6.61 Å². The van der Waals surface area contributed by atoms with Crippen LogP contribution < -0.4 is 20.7 Å². The molecule has 3 N–H and O–H groups in total. The third-order valence-corrected chi connectivity index (χ3v) is 3.53. The van der Waals surface area contributed by atoms with E-state index in [0.29, 0.717) is 17.1 Å². The number of nitrogens with one attached hydrogen (secondary N) is 1. The molecule has 7 heteroatoms. The van der Waals surface area contributed by atoms with Gasteiger partial charge >= 0.3 is 0 Å². The minimum atomic E-state index is -0.621. The van der Waals surface area contributed by atoms with Crippen LogP contribution in [0.5, 0.6) is 5.75 Å². The van der Waals surface area contributed by atoms with Crippen LogP contribution in [-0.4, -0.2) is 31.5 Å². The first-order chi connectivity index (χ1) is 9.70. The molecule has 1 heterocycles. The predicted molar refractivity (Wildman–Crippen MR) is 88.7 cm³/mol. The number of carbonyl (C=O) groups excluding carboxylic acids is 2. The van der Waals surface area contributed by atoms with E-state index < -0.39 is 6.04 Å². The molecule has 22 heavy (non-hydrogen) atoms. The Morgan fingerprint density at radius 2 is 2.05 bits per heavy atom. The highest BCUT2D eigenvalue weighted by atomic mass is 35.5. The lowest BCUT2D eigenvalue weighted by atomic mass is 9.87. The van der Waals surface area contributed by atoms with Crippen molar-refractivity contribution >= 4 is 35.6 Å². The van der Waals surface area contributed by atoms with Crippen molar-refractivity contribution in [2.45, 2.75) is 26.8 Å². The number of anilines is 2. The number of benzene rings is 1. The lowest BCUT2D eigenvalue weighted by Crippen LogP contribution is -2.45. The molecule has 0 aliphatic carbocycles. The zero-order valence-corrected chi connectivity index (χ0v) is 14.0. The summed E-state index contributed by atoms with van der Waals surface area (Å²) in [7, 11) is 1.68. The number of hydrogen-bond acceptors (Lipinski definition) is 4. The third kappa shape index (κ3) is 3.69. The second-order valence-corrected chi connectivity index (χ2v) is 6.26. The highest BCUT2D eigenvalue weighted by Gasteiger charge is 2.28.